The van der Waals surface area contributed by atoms with Crippen LogP contribution in [0.25, 0.3) is 5.82 Å². The summed E-state index contributed by atoms with van der Waals surface area (Å²) >= 11 is 0. The molecule has 2 aromatic heterocycles. The van der Waals surface area contributed by atoms with Crippen molar-refractivity contribution in [1.29, 1.82) is 0 Å². The quantitative estimate of drug-likeness (QED) is 0.464. The topological polar surface area (TPSA) is 70.8 Å². The lowest BCUT2D eigenvalue weighted by Gasteiger charge is -2.36. The number of hydrogen-bond donors (Lipinski definition) is 1. The summed E-state index contributed by atoms with van der Waals surface area (Å²) in [7, 11) is 0. The summed E-state index contributed by atoms with van der Waals surface area (Å²) in [5, 5.41) is 3.47. The van der Waals surface area contributed by atoms with Gasteiger partial charge in [0.05, 0.1) is 25.3 Å². The van der Waals surface area contributed by atoms with Crippen molar-refractivity contribution >= 4 is 5.96 Å². The number of aromatic nitrogens is 3. The average Bonchev–Trinajstić information content (AvgIpc) is 3.54. The second-order valence-corrected chi connectivity index (χ2v) is 8.50. The Morgan fingerprint density at radius 2 is 2.06 bits per heavy atom. The highest BCUT2D eigenvalue weighted by Gasteiger charge is 2.41. The standard InChI is InChI=1S/C25H31N7O/c1-2-27-25(29-15-21-8-9-24(28-14-21)31-11-10-26-19-31)32-17-22-23(18-32)33-13-12-30(22)16-20-6-4-3-5-7-20/h3-11,14,19,22-23H,2,12-13,15-18H2,1H3,(H,27,29). The fraction of sp³-hybridized carbons (Fsp3) is 0.400. The molecule has 2 atom stereocenters. The van der Waals surface area contributed by atoms with Crippen molar-refractivity contribution in [2.75, 3.05) is 32.8 Å². The van der Waals surface area contributed by atoms with Gasteiger partial charge in [-0.25, -0.2) is 15.0 Å². The summed E-state index contributed by atoms with van der Waals surface area (Å²) in [6, 6.07) is 15.1. The van der Waals surface area contributed by atoms with E-state index in [4.69, 9.17) is 9.73 Å². The third-order valence-electron chi connectivity index (χ3n) is 6.27. The number of benzene rings is 1. The van der Waals surface area contributed by atoms with E-state index in [-0.39, 0.29) is 6.10 Å². The summed E-state index contributed by atoms with van der Waals surface area (Å²) in [5.74, 6) is 1.79. The Balaban J connectivity index is 1.26. The smallest absolute Gasteiger partial charge is 0.194 e. The summed E-state index contributed by atoms with van der Waals surface area (Å²) < 4.78 is 8.05. The first-order valence-corrected chi connectivity index (χ1v) is 11.7. The average molecular weight is 446 g/mol. The minimum absolute atomic E-state index is 0.211. The van der Waals surface area contributed by atoms with E-state index in [0.717, 1.165) is 56.7 Å². The molecule has 0 saturated carbocycles. The number of aliphatic imine (C=N–C) groups is 1. The molecular formula is C25H31N7O. The van der Waals surface area contributed by atoms with Crippen LogP contribution in [-0.4, -0.2) is 75.2 Å². The van der Waals surface area contributed by atoms with Crippen LogP contribution in [0.1, 0.15) is 18.1 Å². The number of morpholine rings is 1. The Kier molecular flexibility index (Phi) is 6.64. The van der Waals surface area contributed by atoms with Crippen LogP contribution in [-0.2, 0) is 17.8 Å². The molecule has 4 heterocycles. The van der Waals surface area contributed by atoms with Crippen LogP contribution in [0.5, 0.6) is 0 Å². The van der Waals surface area contributed by atoms with Crippen molar-refractivity contribution in [2.24, 2.45) is 4.99 Å². The molecule has 2 saturated heterocycles. The summed E-state index contributed by atoms with van der Waals surface area (Å²) in [6.45, 7) is 8.01. The van der Waals surface area contributed by atoms with Gasteiger partial charge in [-0.15, -0.1) is 0 Å². The molecule has 0 spiro atoms. The number of fused-ring (bicyclic) bond motifs is 1. The molecule has 3 aromatic rings. The molecule has 1 N–H and O–H groups in total. The number of imidazole rings is 1. The van der Waals surface area contributed by atoms with E-state index in [1.54, 1.807) is 12.5 Å². The maximum atomic E-state index is 6.16. The first kappa shape index (κ1) is 21.6. The normalized spacial score (nSPS) is 21.2. The number of ether oxygens (including phenoxy) is 1. The predicted octanol–water partition coefficient (Wildman–Crippen LogP) is 2.32. The molecule has 0 bridgehead atoms. The Morgan fingerprint density at radius 1 is 1.15 bits per heavy atom. The number of likely N-dealkylation sites (tertiary alicyclic amines) is 1. The van der Waals surface area contributed by atoms with E-state index in [9.17, 15) is 0 Å². The lowest BCUT2D eigenvalue weighted by molar-refractivity contribution is -0.0502. The Bertz CT molecular complexity index is 1040. The van der Waals surface area contributed by atoms with Gasteiger partial charge in [-0.1, -0.05) is 36.4 Å². The lowest BCUT2D eigenvalue weighted by Crippen LogP contribution is -2.50. The lowest BCUT2D eigenvalue weighted by atomic mass is 10.1. The first-order valence-electron chi connectivity index (χ1n) is 11.7. The largest absolute Gasteiger partial charge is 0.373 e. The summed E-state index contributed by atoms with van der Waals surface area (Å²) in [4.78, 5) is 18.4. The number of rotatable bonds is 6. The molecule has 5 rings (SSSR count). The van der Waals surface area contributed by atoms with Crippen molar-refractivity contribution in [2.45, 2.75) is 32.2 Å². The van der Waals surface area contributed by atoms with E-state index in [1.807, 2.05) is 23.0 Å². The molecule has 172 valence electrons. The van der Waals surface area contributed by atoms with Crippen LogP contribution in [0.4, 0.5) is 0 Å². The molecule has 2 fully saturated rings. The van der Waals surface area contributed by atoms with Crippen molar-refractivity contribution in [3.8, 4) is 5.82 Å². The van der Waals surface area contributed by atoms with Crippen LogP contribution in [0.15, 0.2) is 72.4 Å². The van der Waals surface area contributed by atoms with E-state index in [2.05, 4.69) is 68.4 Å². The molecule has 33 heavy (non-hydrogen) atoms. The molecule has 8 nitrogen and oxygen atoms in total. The van der Waals surface area contributed by atoms with Crippen molar-refractivity contribution in [3.63, 3.8) is 0 Å². The van der Waals surface area contributed by atoms with Gasteiger partial charge in [-0.3, -0.25) is 9.47 Å². The van der Waals surface area contributed by atoms with Gasteiger partial charge in [-0.05, 0) is 24.1 Å². The summed E-state index contributed by atoms with van der Waals surface area (Å²) in [5.41, 5.74) is 2.43. The third kappa shape index (κ3) is 5.07. The van der Waals surface area contributed by atoms with Gasteiger partial charge in [0.15, 0.2) is 5.96 Å². The minimum Gasteiger partial charge on any atom is -0.373 e. The molecule has 0 amide bonds. The second-order valence-electron chi connectivity index (χ2n) is 8.50. The molecule has 1 aromatic carbocycles. The van der Waals surface area contributed by atoms with Crippen LogP contribution in [0.2, 0.25) is 0 Å². The van der Waals surface area contributed by atoms with E-state index >= 15 is 0 Å². The van der Waals surface area contributed by atoms with Gasteiger partial charge in [-0.2, -0.15) is 0 Å². The Labute approximate surface area is 194 Å². The van der Waals surface area contributed by atoms with Crippen LogP contribution in [0.3, 0.4) is 0 Å². The number of nitrogens with one attached hydrogen (secondary N) is 1. The molecular weight excluding hydrogens is 414 g/mol. The minimum atomic E-state index is 0.211. The number of guanidine groups is 1. The van der Waals surface area contributed by atoms with Gasteiger partial charge >= 0.3 is 0 Å². The fourth-order valence-electron chi connectivity index (χ4n) is 4.60. The predicted molar refractivity (Wildman–Crippen MR) is 128 cm³/mol. The van der Waals surface area contributed by atoms with Gasteiger partial charge < -0.3 is 15.0 Å². The third-order valence-corrected chi connectivity index (χ3v) is 6.27. The van der Waals surface area contributed by atoms with Crippen molar-refractivity contribution < 1.29 is 4.74 Å². The zero-order valence-corrected chi connectivity index (χ0v) is 19.0. The van der Waals surface area contributed by atoms with Crippen LogP contribution >= 0.6 is 0 Å². The molecule has 0 radical (unpaired) electrons. The van der Waals surface area contributed by atoms with Gasteiger partial charge in [0.25, 0.3) is 0 Å². The van der Waals surface area contributed by atoms with Gasteiger partial charge in [0, 0.05) is 51.3 Å². The van der Waals surface area contributed by atoms with Crippen LogP contribution < -0.4 is 5.32 Å². The Hall–Kier alpha value is -3.23. The van der Waals surface area contributed by atoms with E-state index in [1.165, 1.54) is 5.56 Å². The maximum Gasteiger partial charge on any atom is 0.194 e. The number of nitrogens with zero attached hydrogens (tertiary/aromatic N) is 6. The summed E-state index contributed by atoms with van der Waals surface area (Å²) in [6.07, 6.45) is 7.49. The number of hydrogen-bond acceptors (Lipinski definition) is 5. The molecule has 2 aliphatic rings. The van der Waals surface area contributed by atoms with E-state index in [0.29, 0.717) is 12.6 Å². The van der Waals surface area contributed by atoms with Crippen molar-refractivity contribution in [1.82, 2.24) is 29.7 Å². The van der Waals surface area contributed by atoms with Gasteiger partial charge in [0.1, 0.15) is 12.1 Å². The highest BCUT2D eigenvalue weighted by atomic mass is 16.5. The fourth-order valence-corrected chi connectivity index (χ4v) is 4.60. The number of pyridine rings is 1. The second kappa shape index (κ2) is 10.1. The monoisotopic (exact) mass is 445 g/mol. The van der Waals surface area contributed by atoms with Crippen LogP contribution in [0, 0.1) is 0 Å². The van der Waals surface area contributed by atoms with Crippen molar-refractivity contribution in [3.05, 3.63) is 78.5 Å². The first-order chi connectivity index (χ1) is 16.3. The SMILES string of the molecule is CCNC(=NCc1ccc(-n2ccnc2)nc1)N1CC2OCCN(Cc3ccccc3)C2C1. The zero-order chi connectivity index (χ0) is 22.5. The zero-order valence-electron chi connectivity index (χ0n) is 19.0. The van der Waals surface area contributed by atoms with E-state index < -0.39 is 0 Å². The molecule has 0 aliphatic carbocycles. The maximum absolute atomic E-state index is 6.16. The highest BCUT2D eigenvalue weighted by molar-refractivity contribution is 5.80. The highest BCUT2D eigenvalue weighted by Crippen LogP contribution is 2.25. The molecule has 8 heteroatoms. The van der Waals surface area contributed by atoms with Gasteiger partial charge in [0.2, 0.25) is 0 Å². The molecule has 2 unspecified atom stereocenters. The molecule has 2 aliphatic heterocycles. The Morgan fingerprint density at radius 3 is 2.82 bits per heavy atom.